The number of hydrogen-bond donors (Lipinski definition) is 3. The van der Waals surface area contributed by atoms with Crippen LogP contribution < -0.4 is 10.9 Å². The van der Waals surface area contributed by atoms with Crippen molar-refractivity contribution in [2.75, 3.05) is 12.3 Å². The Balaban J connectivity index is 2.09. The minimum atomic E-state index is 0.211. The summed E-state index contributed by atoms with van der Waals surface area (Å²) in [5, 5.41) is 14.9. The number of unbranched alkanes of at least 4 members (excludes halogenated alkanes) is 3. The van der Waals surface area contributed by atoms with Gasteiger partial charge in [-0.05, 0) is 24.8 Å². The molecule has 0 aliphatic heterocycles. The van der Waals surface area contributed by atoms with E-state index in [-0.39, 0.29) is 12.6 Å². The van der Waals surface area contributed by atoms with Crippen molar-refractivity contribution in [2.45, 2.75) is 37.3 Å². The van der Waals surface area contributed by atoms with Crippen LogP contribution in [-0.2, 0) is 6.54 Å². The number of anilines is 1. The SMILES string of the molecule is NSc1nc(N)nc2c1ncn2CCCCCCO. The van der Waals surface area contributed by atoms with Gasteiger partial charge in [-0.25, -0.2) is 9.97 Å². The van der Waals surface area contributed by atoms with E-state index >= 15 is 0 Å². The lowest BCUT2D eigenvalue weighted by atomic mass is 10.2. The third-order valence-electron chi connectivity index (χ3n) is 2.87. The van der Waals surface area contributed by atoms with Gasteiger partial charge in [0.15, 0.2) is 5.65 Å². The Hall–Kier alpha value is -1.38. The quantitative estimate of drug-likeness (QED) is 0.393. The van der Waals surface area contributed by atoms with Crippen molar-refractivity contribution in [2.24, 2.45) is 5.14 Å². The van der Waals surface area contributed by atoms with E-state index in [9.17, 15) is 0 Å². The Labute approximate surface area is 115 Å². The molecule has 8 heteroatoms. The van der Waals surface area contributed by atoms with Gasteiger partial charge in [-0.15, -0.1) is 0 Å². The van der Waals surface area contributed by atoms with Crippen LogP contribution in [0, 0.1) is 0 Å². The molecule has 0 bridgehead atoms. The third kappa shape index (κ3) is 3.34. The molecule has 0 aliphatic rings. The molecule has 2 aromatic rings. The van der Waals surface area contributed by atoms with Crippen molar-refractivity contribution >= 4 is 29.1 Å². The standard InChI is InChI=1S/C11H18N6OS/c12-11-15-9-8(10(16-11)19-13)14-7-17(9)5-3-1-2-4-6-18/h7,18H,1-6,13H2,(H2,12,15,16). The molecule has 5 N–H and O–H groups in total. The van der Waals surface area contributed by atoms with Gasteiger partial charge in [-0.2, -0.15) is 4.98 Å². The van der Waals surface area contributed by atoms with Gasteiger partial charge in [0.05, 0.1) is 6.33 Å². The molecule has 104 valence electrons. The molecule has 0 amide bonds. The average Bonchev–Trinajstić information content (AvgIpc) is 2.81. The molecular formula is C11H18N6OS. The molecule has 0 aromatic carbocycles. The molecule has 7 nitrogen and oxygen atoms in total. The van der Waals surface area contributed by atoms with E-state index in [4.69, 9.17) is 16.0 Å². The lowest BCUT2D eigenvalue weighted by Crippen LogP contribution is -2.02. The fraction of sp³-hybridized carbons (Fsp3) is 0.545. The molecule has 2 aromatic heterocycles. The first kappa shape index (κ1) is 14.0. The second kappa shape index (κ2) is 6.69. The van der Waals surface area contributed by atoms with Gasteiger partial charge in [-0.3, -0.25) is 5.14 Å². The zero-order valence-corrected chi connectivity index (χ0v) is 11.4. The lowest BCUT2D eigenvalue weighted by Gasteiger charge is -2.04. The minimum absolute atomic E-state index is 0.211. The number of nitrogens with two attached hydrogens (primary N) is 2. The van der Waals surface area contributed by atoms with Crippen LogP contribution in [0.25, 0.3) is 11.2 Å². The van der Waals surface area contributed by atoms with Crippen LogP contribution in [0.2, 0.25) is 0 Å². The number of fused-ring (bicyclic) bond motifs is 1. The summed E-state index contributed by atoms with van der Waals surface area (Å²) < 4.78 is 1.96. The van der Waals surface area contributed by atoms with Gasteiger partial charge in [0.25, 0.3) is 0 Å². The van der Waals surface area contributed by atoms with Gasteiger partial charge < -0.3 is 15.4 Å². The number of aryl methyl sites for hydroxylation is 1. The van der Waals surface area contributed by atoms with Crippen molar-refractivity contribution in [1.29, 1.82) is 0 Å². The summed E-state index contributed by atoms with van der Waals surface area (Å²) in [5.41, 5.74) is 7.08. The number of rotatable bonds is 7. The second-order valence-corrected chi connectivity index (χ2v) is 4.88. The first-order valence-corrected chi connectivity index (χ1v) is 7.10. The van der Waals surface area contributed by atoms with Crippen LogP contribution in [-0.4, -0.2) is 31.2 Å². The van der Waals surface area contributed by atoms with Crippen molar-refractivity contribution in [3.05, 3.63) is 6.33 Å². The van der Waals surface area contributed by atoms with Crippen LogP contribution in [0.5, 0.6) is 0 Å². The van der Waals surface area contributed by atoms with Gasteiger partial charge in [0.1, 0.15) is 10.5 Å². The smallest absolute Gasteiger partial charge is 0.223 e. The molecule has 0 saturated heterocycles. The summed E-state index contributed by atoms with van der Waals surface area (Å²) >= 11 is 1.03. The first-order valence-electron chi connectivity index (χ1n) is 6.22. The number of aliphatic hydroxyl groups excluding tert-OH is 1. The fourth-order valence-electron chi connectivity index (χ4n) is 1.93. The zero-order valence-electron chi connectivity index (χ0n) is 10.6. The predicted octanol–water partition coefficient (Wildman–Crippen LogP) is 0.927. The van der Waals surface area contributed by atoms with Crippen molar-refractivity contribution < 1.29 is 5.11 Å². The molecular weight excluding hydrogens is 264 g/mol. The average molecular weight is 282 g/mol. The number of hydrogen-bond acceptors (Lipinski definition) is 7. The molecule has 2 heterocycles. The monoisotopic (exact) mass is 282 g/mol. The maximum absolute atomic E-state index is 8.72. The molecule has 0 aliphatic carbocycles. The van der Waals surface area contributed by atoms with Crippen molar-refractivity contribution in [3.63, 3.8) is 0 Å². The Bertz CT molecular complexity index is 543. The molecule has 0 spiro atoms. The van der Waals surface area contributed by atoms with E-state index in [1.54, 1.807) is 6.33 Å². The molecule has 0 fully saturated rings. The maximum atomic E-state index is 8.72. The van der Waals surface area contributed by atoms with E-state index in [0.717, 1.165) is 49.8 Å². The summed E-state index contributed by atoms with van der Waals surface area (Å²) in [7, 11) is 0. The highest BCUT2D eigenvalue weighted by Crippen LogP contribution is 2.21. The molecule has 2 rings (SSSR count). The van der Waals surface area contributed by atoms with Crippen molar-refractivity contribution in [3.8, 4) is 0 Å². The molecule has 0 atom stereocenters. The lowest BCUT2D eigenvalue weighted by molar-refractivity contribution is 0.282. The van der Waals surface area contributed by atoms with Crippen LogP contribution in [0.4, 0.5) is 5.95 Å². The van der Waals surface area contributed by atoms with Crippen LogP contribution >= 0.6 is 11.9 Å². The number of nitrogen functional groups attached to an aromatic ring is 1. The van der Waals surface area contributed by atoms with E-state index in [2.05, 4.69) is 15.0 Å². The fourth-order valence-corrected chi connectivity index (χ4v) is 2.33. The summed E-state index contributed by atoms with van der Waals surface area (Å²) in [6, 6.07) is 0. The Morgan fingerprint density at radius 2 is 2.00 bits per heavy atom. The largest absolute Gasteiger partial charge is 0.396 e. The Morgan fingerprint density at radius 3 is 2.74 bits per heavy atom. The summed E-state index contributed by atoms with van der Waals surface area (Å²) in [6.45, 7) is 1.09. The molecule has 0 unspecified atom stereocenters. The summed E-state index contributed by atoms with van der Waals surface area (Å²) in [4.78, 5) is 12.6. The number of aliphatic hydroxyl groups is 1. The normalized spacial score (nSPS) is 11.3. The molecule has 19 heavy (non-hydrogen) atoms. The topological polar surface area (TPSA) is 116 Å². The minimum Gasteiger partial charge on any atom is -0.396 e. The van der Waals surface area contributed by atoms with E-state index in [0.29, 0.717) is 10.5 Å². The van der Waals surface area contributed by atoms with Gasteiger partial charge in [0, 0.05) is 13.2 Å². The highest BCUT2D eigenvalue weighted by Gasteiger charge is 2.11. The van der Waals surface area contributed by atoms with E-state index in [1.807, 2.05) is 4.57 Å². The summed E-state index contributed by atoms with van der Waals surface area (Å²) in [6.07, 6.45) is 5.71. The van der Waals surface area contributed by atoms with E-state index in [1.165, 1.54) is 0 Å². The molecule has 0 saturated carbocycles. The van der Waals surface area contributed by atoms with Crippen LogP contribution in [0.1, 0.15) is 25.7 Å². The first-order chi connectivity index (χ1) is 9.26. The summed E-state index contributed by atoms with van der Waals surface area (Å²) in [5.74, 6) is 0.211. The van der Waals surface area contributed by atoms with Crippen LogP contribution in [0.3, 0.4) is 0 Å². The van der Waals surface area contributed by atoms with Gasteiger partial charge in [0.2, 0.25) is 5.95 Å². The van der Waals surface area contributed by atoms with Crippen LogP contribution in [0.15, 0.2) is 11.4 Å². The number of aromatic nitrogens is 4. The van der Waals surface area contributed by atoms with Gasteiger partial charge >= 0.3 is 0 Å². The van der Waals surface area contributed by atoms with E-state index < -0.39 is 0 Å². The van der Waals surface area contributed by atoms with Crippen molar-refractivity contribution in [1.82, 2.24) is 19.5 Å². The number of nitrogens with zero attached hydrogens (tertiary/aromatic N) is 4. The predicted molar refractivity (Wildman–Crippen MR) is 75.3 cm³/mol. The van der Waals surface area contributed by atoms with Gasteiger partial charge in [-0.1, -0.05) is 12.8 Å². The highest BCUT2D eigenvalue weighted by molar-refractivity contribution is 7.97. The zero-order chi connectivity index (χ0) is 13.7. The maximum Gasteiger partial charge on any atom is 0.223 e. The Kier molecular flexibility index (Phi) is 4.94. The highest BCUT2D eigenvalue weighted by atomic mass is 32.2. The third-order valence-corrected chi connectivity index (χ3v) is 3.38. The second-order valence-electron chi connectivity index (χ2n) is 4.25. The Morgan fingerprint density at radius 1 is 1.21 bits per heavy atom. The molecule has 0 radical (unpaired) electrons. The number of imidazole rings is 1.